The third kappa shape index (κ3) is 12.2. The van der Waals surface area contributed by atoms with Crippen LogP contribution in [-0.2, 0) is 52.5 Å². The van der Waals surface area contributed by atoms with Crippen molar-refractivity contribution in [1.82, 2.24) is 20.9 Å². The molecule has 7 rings (SSSR count). The number of thioether (sulfide) groups is 2. The second-order valence-electron chi connectivity index (χ2n) is 14.3. The van der Waals surface area contributed by atoms with Crippen LogP contribution in [0.1, 0.15) is 57.6 Å². The molecule has 0 radical (unpaired) electrons. The number of nitrogens with zero attached hydrogens (tertiary/aromatic N) is 4. The number of hydrogen-bond donors (Lipinski definition) is 3. The number of aromatic hydroxyl groups is 1. The van der Waals surface area contributed by atoms with Gasteiger partial charge < -0.3 is 33.5 Å². The number of ether oxygens (including phenoxy) is 6. The third-order valence-electron chi connectivity index (χ3n) is 9.52. The van der Waals surface area contributed by atoms with E-state index in [0.29, 0.717) is 27.3 Å². The molecule has 64 heavy (non-hydrogen) atoms. The van der Waals surface area contributed by atoms with Crippen LogP contribution >= 0.6 is 23.5 Å². The number of carbonyl (C=O) groups is 6. The molecule has 0 saturated carbocycles. The van der Waals surface area contributed by atoms with Gasteiger partial charge in [-0.2, -0.15) is 9.98 Å². The number of rotatable bonds is 8. The number of phenols is 1. The Labute approximate surface area is 373 Å². The lowest BCUT2D eigenvalue weighted by Crippen LogP contribution is -2.64. The second kappa shape index (κ2) is 21.7. The Balaban J connectivity index is 0.000000269. The Morgan fingerprint density at radius 1 is 0.750 bits per heavy atom. The molecule has 5 unspecified atom stereocenters. The minimum atomic E-state index is -1.71. The molecule has 0 aliphatic carbocycles. The molecular weight excluding hydrogens is 887 g/mol. The van der Waals surface area contributed by atoms with Gasteiger partial charge in [-0.15, -0.1) is 0 Å². The van der Waals surface area contributed by atoms with Crippen molar-refractivity contribution in [2.24, 2.45) is 9.98 Å². The van der Waals surface area contributed by atoms with E-state index in [1.807, 2.05) is 5.01 Å². The van der Waals surface area contributed by atoms with E-state index in [4.69, 9.17) is 28.4 Å². The smallest absolute Gasteiger partial charge is 0.339 e. The quantitative estimate of drug-likeness (QED) is 0.195. The molecular formula is C41H44F2N6O13S2. The number of amides is 2. The van der Waals surface area contributed by atoms with Crippen LogP contribution in [0.4, 0.5) is 8.78 Å². The van der Waals surface area contributed by atoms with Crippen LogP contribution in [0.15, 0.2) is 56.2 Å². The van der Waals surface area contributed by atoms with Crippen LogP contribution in [-0.4, -0.2) is 125 Å². The fourth-order valence-electron chi connectivity index (χ4n) is 6.68. The van der Waals surface area contributed by atoms with Crippen molar-refractivity contribution in [3.05, 3.63) is 69.0 Å². The second-order valence-corrected chi connectivity index (χ2v) is 16.3. The lowest BCUT2D eigenvalue weighted by molar-refractivity contribution is -0.282. The minimum absolute atomic E-state index is 0.177. The molecule has 3 saturated heterocycles. The topological polar surface area (TPSA) is 233 Å². The number of nitrogens with one attached hydrogen (secondary N) is 2. The molecule has 0 bridgehead atoms. The summed E-state index contributed by atoms with van der Waals surface area (Å²) in [6.45, 7) is 6.26. The predicted octanol–water partition coefficient (Wildman–Crippen LogP) is 3.57. The van der Waals surface area contributed by atoms with E-state index in [0.717, 1.165) is 103 Å². The summed E-state index contributed by atoms with van der Waals surface area (Å²) in [6.07, 6.45) is -1.15. The molecule has 0 spiro atoms. The molecule has 19 nitrogen and oxygen atoms in total. The van der Waals surface area contributed by atoms with E-state index >= 15 is 0 Å². The van der Waals surface area contributed by atoms with Crippen molar-refractivity contribution in [2.45, 2.75) is 77.2 Å². The highest BCUT2D eigenvalue weighted by Gasteiger charge is 2.56. The summed E-state index contributed by atoms with van der Waals surface area (Å²) in [4.78, 5) is 82.1. The van der Waals surface area contributed by atoms with Gasteiger partial charge in [0.25, 0.3) is 11.8 Å². The molecule has 3 fully saturated rings. The predicted molar refractivity (Wildman–Crippen MR) is 226 cm³/mol. The first-order valence-corrected chi connectivity index (χ1v) is 21.5. The van der Waals surface area contributed by atoms with Gasteiger partial charge in [0.15, 0.2) is 28.6 Å². The van der Waals surface area contributed by atoms with Gasteiger partial charge in [0.1, 0.15) is 23.1 Å². The van der Waals surface area contributed by atoms with Crippen LogP contribution in [0.3, 0.4) is 0 Å². The van der Waals surface area contributed by atoms with Crippen molar-refractivity contribution >= 4 is 81.7 Å². The molecule has 0 aromatic heterocycles. The number of esters is 4. The average Bonchev–Trinajstić information content (AvgIpc) is 3.82. The van der Waals surface area contributed by atoms with Gasteiger partial charge in [-0.3, -0.25) is 34.0 Å². The fourth-order valence-corrected chi connectivity index (χ4v) is 8.50. The van der Waals surface area contributed by atoms with Gasteiger partial charge in [0, 0.05) is 70.2 Å². The van der Waals surface area contributed by atoms with Crippen molar-refractivity contribution in [1.29, 1.82) is 0 Å². The number of phenolic OH excluding ortho intramolecular Hbond substituents is 1. The number of methoxy groups -OCH3 is 1. The molecule has 5 aliphatic heterocycles. The molecule has 23 heteroatoms. The van der Waals surface area contributed by atoms with Crippen LogP contribution in [0.2, 0.25) is 0 Å². The Kier molecular flexibility index (Phi) is 16.1. The molecule has 3 N–H and O–H groups in total. The summed E-state index contributed by atoms with van der Waals surface area (Å²) in [5, 5.41) is 14.4. The SMILES string of the molecule is COC(=O)C1OC(Oc2cc(F)ccc2/C=C2\SC(N3CCCCN3)=NC2=O)C(OC(C)=O)C(OC(C)=O)C1OC(C)=O.O=C1N=C(N2CCCCN2)S/C1=C\c1ccc(F)cc1O. The minimum Gasteiger partial charge on any atom is -0.507 e. The Morgan fingerprint density at radius 2 is 1.25 bits per heavy atom. The number of hydrazine groups is 2. The molecule has 2 amide bonds. The van der Waals surface area contributed by atoms with Gasteiger partial charge in [-0.25, -0.2) is 24.4 Å². The molecule has 5 heterocycles. The number of aliphatic imine (C=N–C) groups is 2. The van der Waals surface area contributed by atoms with E-state index in [1.165, 1.54) is 42.1 Å². The molecule has 2 aromatic rings. The zero-order valence-electron chi connectivity index (χ0n) is 34.9. The summed E-state index contributed by atoms with van der Waals surface area (Å²) in [5.74, 6) is -6.08. The van der Waals surface area contributed by atoms with Crippen LogP contribution in [0, 0.1) is 11.6 Å². The highest BCUT2D eigenvalue weighted by molar-refractivity contribution is 8.18. The lowest BCUT2D eigenvalue weighted by Gasteiger charge is -2.43. The molecule has 2 aromatic carbocycles. The third-order valence-corrected chi connectivity index (χ3v) is 11.5. The van der Waals surface area contributed by atoms with Gasteiger partial charge in [0.05, 0.1) is 16.9 Å². The van der Waals surface area contributed by atoms with Gasteiger partial charge in [0.2, 0.25) is 12.4 Å². The highest BCUT2D eigenvalue weighted by Crippen LogP contribution is 2.36. The van der Waals surface area contributed by atoms with Crippen molar-refractivity contribution in [3.63, 3.8) is 0 Å². The van der Waals surface area contributed by atoms with Gasteiger partial charge in [-0.05, 0) is 85.6 Å². The van der Waals surface area contributed by atoms with Crippen LogP contribution in [0.5, 0.6) is 11.5 Å². The van der Waals surface area contributed by atoms with Gasteiger partial charge >= 0.3 is 23.9 Å². The Hall–Kier alpha value is -5.88. The number of hydrogen-bond acceptors (Lipinski definition) is 19. The van der Waals surface area contributed by atoms with Crippen LogP contribution < -0.4 is 15.6 Å². The first kappa shape index (κ1) is 47.6. The van der Waals surface area contributed by atoms with E-state index in [2.05, 4.69) is 20.8 Å². The number of benzene rings is 2. The summed E-state index contributed by atoms with van der Waals surface area (Å²) in [6, 6.07) is 7.16. The van der Waals surface area contributed by atoms with Crippen molar-refractivity contribution in [3.8, 4) is 11.5 Å². The lowest BCUT2D eigenvalue weighted by atomic mass is 9.97. The van der Waals surface area contributed by atoms with E-state index in [1.54, 1.807) is 5.01 Å². The average molecular weight is 931 g/mol. The largest absolute Gasteiger partial charge is 0.507 e. The Morgan fingerprint density at radius 3 is 1.75 bits per heavy atom. The maximum Gasteiger partial charge on any atom is 0.339 e. The standard InChI is InChI=1S/C27H30FN3O11S.C14H14FN3O2S/c1-13(32)38-20-21(39-14(2)33)23(40-15(3)34)26(42-22(20)25(36)37-4)41-18-12-17(28)8-7-16(18)11-19-24(35)30-27(43-19)31-10-6-5-9-29-31;15-10-4-3-9(11(19)8-10)7-12-13(20)17-14(21-12)18-6-2-1-5-16-18/h7-8,11-12,20-23,26,29H,5-6,9-10H2,1-4H3;3-4,7-8,16,19H,1-2,5-6H2/b19-11-;12-7-. The van der Waals surface area contributed by atoms with Crippen molar-refractivity contribution < 1.29 is 71.1 Å². The van der Waals surface area contributed by atoms with E-state index < -0.39 is 72.1 Å². The monoisotopic (exact) mass is 930 g/mol. The summed E-state index contributed by atoms with van der Waals surface area (Å²) in [7, 11) is 1.05. The van der Waals surface area contributed by atoms with Gasteiger partial charge in [-0.1, -0.05) is 0 Å². The zero-order valence-corrected chi connectivity index (χ0v) is 36.5. The van der Waals surface area contributed by atoms with Crippen LogP contribution in [0.25, 0.3) is 12.2 Å². The number of carbonyl (C=O) groups excluding carboxylic acids is 6. The van der Waals surface area contributed by atoms with Crippen molar-refractivity contribution in [2.75, 3.05) is 33.3 Å². The van der Waals surface area contributed by atoms with E-state index in [9.17, 15) is 42.7 Å². The zero-order chi connectivity index (χ0) is 46.1. The maximum absolute atomic E-state index is 14.5. The fraction of sp³-hybridized carbons (Fsp3) is 0.415. The molecule has 342 valence electrons. The number of amidine groups is 2. The summed E-state index contributed by atoms with van der Waals surface area (Å²) >= 11 is 2.37. The first-order chi connectivity index (χ1) is 30.6. The number of halogens is 2. The summed E-state index contributed by atoms with van der Waals surface area (Å²) < 4.78 is 59.9. The normalized spacial score (nSPS) is 24.6. The molecule has 5 aliphatic rings. The Bertz CT molecular complexity index is 2280. The molecule has 5 atom stereocenters. The first-order valence-electron chi connectivity index (χ1n) is 19.9. The highest BCUT2D eigenvalue weighted by atomic mass is 32.2. The van der Waals surface area contributed by atoms with E-state index in [-0.39, 0.29) is 27.9 Å². The summed E-state index contributed by atoms with van der Waals surface area (Å²) in [5.41, 5.74) is 6.98. The maximum atomic E-state index is 14.5.